The van der Waals surface area contributed by atoms with Gasteiger partial charge in [-0.3, -0.25) is 0 Å². The molecule has 0 bridgehead atoms. The first-order valence-corrected chi connectivity index (χ1v) is 8.22. The maximum atomic E-state index is 6.42. The molecule has 3 unspecified atom stereocenters. The lowest BCUT2D eigenvalue weighted by Gasteiger charge is -2.36. The van der Waals surface area contributed by atoms with Gasteiger partial charge in [-0.25, -0.2) is 4.98 Å². The third-order valence-corrected chi connectivity index (χ3v) is 4.82. The smallest absolute Gasteiger partial charge is 0.127 e. The molecule has 3 rings (SSSR count). The van der Waals surface area contributed by atoms with Crippen molar-refractivity contribution in [1.82, 2.24) is 14.5 Å². The lowest BCUT2D eigenvalue weighted by molar-refractivity contribution is 0.159. The van der Waals surface area contributed by atoms with Crippen LogP contribution in [0.3, 0.4) is 0 Å². The predicted molar refractivity (Wildman–Crippen MR) is 89.1 cm³/mol. The van der Waals surface area contributed by atoms with E-state index in [9.17, 15) is 0 Å². The van der Waals surface area contributed by atoms with Gasteiger partial charge in [-0.15, -0.1) is 11.6 Å². The van der Waals surface area contributed by atoms with Gasteiger partial charge in [0.25, 0.3) is 0 Å². The standard InChI is InChI=1S/C17H24ClN3/c1-11-5-6-14-16(9-11)21(17(19-14)13(3)18)15-7-8-20(4)10-12(15)2/h5-6,9,12-13,15H,7-8,10H2,1-4H3. The van der Waals surface area contributed by atoms with Gasteiger partial charge in [-0.05, 0) is 57.5 Å². The van der Waals surface area contributed by atoms with E-state index in [-0.39, 0.29) is 5.38 Å². The number of imidazole rings is 1. The number of benzene rings is 1. The molecule has 114 valence electrons. The van der Waals surface area contributed by atoms with Crippen LogP contribution in [-0.4, -0.2) is 34.6 Å². The van der Waals surface area contributed by atoms with Gasteiger partial charge in [0.2, 0.25) is 0 Å². The van der Waals surface area contributed by atoms with Crippen molar-refractivity contribution in [2.24, 2.45) is 5.92 Å². The van der Waals surface area contributed by atoms with Crippen LogP contribution in [0.25, 0.3) is 11.0 Å². The van der Waals surface area contributed by atoms with Gasteiger partial charge in [-0.2, -0.15) is 0 Å². The number of hydrogen-bond acceptors (Lipinski definition) is 2. The Hall–Kier alpha value is -1.06. The van der Waals surface area contributed by atoms with Gasteiger partial charge < -0.3 is 9.47 Å². The Balaban J connectivity index is 2.14. The minimum absolute atomic E-state index is 0.0652. The summed E-state index contributed by atoms with van der Waals surface area (Å²) in [5.74, 6) is 1.62. The summed E-state index contributed by atoms with van der Waals surface area (Å²) in [7, 11) is 2.20. The highest BCUT2D eigenvalue weighted by molar-refractivity contribution is 6.20. The van der Waals surface area contributed by atoms with E-state index < -0.39 is 0 Å². The Morgan fingerprint density at radius 2 is 2.14 bits per heavy atom. The molecule has 0 spiro atoms. The summed E-state index contributed by atoms with van der Waals surface area (Å²) in [5, 5.41) is -0.0652. The summed E-state index contributed by atoms with van der Waals surface area (Å²) >= 11 is 6.42. The van der Waals surface area contributed by atoms with Crippen LogP contribution in [0, 0.1) is 12.8 Å². The summed E-state index contributed by atoms with van der Waals surface area (Å²) in [5.41, 5.74) is 3.58. The molecule has 0 aliphatic carbocycles. The molecule has 3 atom stereocenters. The zero-order valence-electron chi connectivity index (χ0n) is 13.3. The van der Waals surface area contributed by atoms with Crippen LogP contribution in [0.15, 0.2) is 18.2 Å². The highest BCUT2D eigenvalue weighted by Crippen LogP contribution is 2.35. The van der Waals surface area contributed by atoms with Crippen molar-refractivity contribution in [2.45, 2.75) is 38.6 Å². The molecule has 1 aromatic heterocycles. The first-order chi connectivity index (χ1) is 9.97. The molecule has 2 heterocycles. The second kappa shape index (κ2) is 5.62. The number of halogens is 1. The number of nitrogens with zero attached hydrogens (tertiary/aromatic N) is 3. The maximum Gasteiger partial charge on any atom is 0.127 e. The summed E-state index contributed by atoms with van der Waals surface area (Å²) in [6, 6.07) is 6.98. The molecule has 2 aromatic rings. The first-order valence-electron chi connectivity index (χ1n) is 7.78. The van der Waals surface area contributed by atoms with Gasteiger partial charge in [0.15, 0.2) is 0 Å². The fourth-order valence-corrected chi connectivity index (χ4v) is 3.73. The van der Waals surface area contributed by atoms with Gasteiger partial charge in [-0.1, -0.05) is 13.0 Å². The fraction of sp³-hybridized carbons (Fsp3) is 0.588. The lowest BCUT2D eigenvalue weighted by Crippen LogP contribution is -2.38. The Kier molecular flexibility index (Phi) is 3.98. The summed E-state index contributed by atoms with van der Waals surface area (Å²) < 4.78 is 2.41. The van der Waals surface area contributed by atoms with Crippen molar-refractivity contribution in [1.29, 1.82) is 0 Å². The number of likely N-dealkylation sites (tertiary alicyclic amines) is 1. The number of piperidine rings is 1. The number of aromatic nitrogens is 2. The van der Waals surface area contributed by atoms with Crippen molar-refractivity contribution in [3.05, 3.63) is 29.6 Å². The molecule has 1 aromatic carbocycles. The van der Waals surface area contributed by atoms with Crippen molar-refractivity contribution in [2.75, 3.05) is 20.1 Å². The van der Waals surface area contributed by atoms with Crippen LogP contribution >= 0.6 is 11.6 Å². The second-order valence-electron chi connectivity index (χ2n) is 6.54. The highest BCUT2D eigenvalue weighted by atomic mass is 35.5. The number of hydrogen-bond donors (Lipinski definition) is 0. The molecule has 21 heavy (non-hydrogen) atoms. The van der Waals surface area contributed by atoms with E-state index in [1.807, 2.05) is 6.92 Å². The normalized spacial score (nSPS) is 25.4. The molecule has 1 saturated heterocycles. The Morgan fingerprint density at radius 3 is 2.81 bits per heavy atom. The van der Waals surface area contributed by atoms with E-state index in [0.29, 0.717) is 12.0 Å². The molecule has 1 aliphatic heterocycles. The summed E-state index contributed by atoms with van der Waals surface area (Å²) in [6.45, 7) is 8.76. The largest absolute Gasteiger partial charge is 0.323 e. The van der Waals surface area contributed by atoms with E-state index in [1.165, 1.54) is 11.1 Å². The van der Waals surface area contributed by atoms with E-state index in [2.05, 4.69) is 48.6 Å². The summed E-state index contributed by atoms with van der Waals surface area (Å²) in [4.78, 5) is 7.21. The van der Waals surface area contributed by atoms with E-state index >= 15 is 0 Å². The highest BCUT2D eigenvalue weighted by Gasteiger charge is 2.29. The van der Waals surface area contributed by atoms with Crippen LogP contribution in [0.4, 0.5) is 0 Å². The van der Waals surface area contributed by atoms with Crippen molar-refractivity contribution < 1.29 is 0 Å². The molecular weight excluding hydrogens is 282 g/mol. The molecular formula is C17H24ClN3. The van der Waals surface area contributed by atoms with Crippen LogP contribution in [0.5, 0.6) is 0 Å². The van der Waals surface area contributed by atoms with E-state index in [1.54, 1.807) is 0 Å². The predicted octanol–water partition coefficient (Wildman–Crippen LogP) is 4.16. The summed E-state index contributed by atoms with van der Waals surface area (Å²) in [6.07, 6.45) is 1.16. The van der Waals surface area contributed by atoms with Crippen LogP contribution < -0.4 is 0 Å². The molecule has 1 aliphatic rings. The minimum atomic E-state index is -0.0652. The first kappa shape index (κ1) is 14.9. The molecule has 4 heteroatoms. The fourth-order valence-electron chi connectivity index (χ4n) is 3.58. The number of alkyl halides is 1. The molecule has 0 saturated carbocycles. The van der Waals surface area contributed by atoms with Gasteiger partial charge >= 0.3 is 0 Å². The SMILES string of the molecule is Cc1ccc2nc(C(C)Cl)n(C3CCN(C)CC3C)c2c1. The maximum absolute atomic E-state index is 6.42. The lowest BCUT2D eigenvalue weighted by atomic mass is 9.93. The van der Waals surface area contributed by atoms with Crippen molar-refractivity contribution in [3.8, 4) is 0 Å². The monoisotopic (exact) mass is 305 g/mol. The topological polar surface area (TPSA) is 21.1 Å². The van der Waals surface area contributed by atoms with Crippen LogP contribution in [-0.2, 0) is 0 Å². The Bertz CT molecular complexity index is 647. The molecule has 0 amide bonds. The van der Waals surface area contributed by atoms with Crippen LogP contribution in [0.2, 0.25) is 0 Å². The van der Waals surface area contributed by atoms with Gasteiger partial charge in [0.05, 0.1) is 16.4 Å². The second-order valence-corrected chi connectivity index (χ2v) is 7.20. The van der Waals surface area contributed by atoms with Crippen molar-refractivity contribution >= 4 is 22.6 Å². The number of rotatable bonds is 2. The molecule has 0 radical (unpaired) electrons. The van der Waals surface area contributed by atoms with Gasteiger partial charge in [0, 0.05) is 12.6 Å². The Morgan fingerprint density at radius 1 is 1.38 bits per heavy atom. The third kappa shape index (κ3) is 2.69. The van der Waals surface area contributed by atoms with Crippen LogP contribution in [0.1, 0.15) is 43.1 Å². The van der Waals surface area contributed by atoms with Crippen molar-refractivity contribution in [3.63, 3.8) is 0 Å². The van der Waals surface area contributed by atoms with Gasteiger partial charge in [0.1, 0.15) is 5.82 Å². The average Bonchev–Trinajstić information content (AvgIpc) is 2.77. The van der Waals surface area contributed by atoms with E-state index in [4.69, 9.17) is 16.6 Å². The number of fused-ring (bicyclic) bond motifs is 1. The average molecular weight is 306 g/mol. The zero-order chi connectivity index (χ0) is 15.1. The quantitative estimate of drug-likeness (QED) is 0.777. The van der Waals surface area contributed by atoms with E-state index in [0.717, 1.165) is 30.9 Å². The number of aryl methyl sites for hydroxylation is 1. The third-order valence-electron chi connectivity index (χ3n) is 4.62. The zero-order valence-corrected chi connectivity index (χ0v) is 14.1. The molecule has 1 fully saturated rings. The Labute approximate surface area is 131 Å². The minimum Gasteiger partial charge on any atom is -0.323 e. The molecule has 0 N–H and O–H groups in total. The molecule has 3 nitrogen and oxygen atoms in total.